The van der Waals surface area contributed by atoms with Crippen LogP contribution >= 0.6 is 0 Å². The summed E-state index contributed by atoms with van der Waals surface area (Å²) < 4.78 is 0. The van der Waals surface area contributed by atoms with Crippen LogP contribution in [0.25, 0.3) is 0 Å². The number of hydrogen-bond acceptors (Lipinski definition) is 2. The molecule has 0 bridgehead atoms. The smallest absolute Gasteiger partial charge is 0.335 e. The maximum atomic E-state index is 11.0. The number of rotatable bonds is 2. The van der Waals surface area contributed by atoms with Crippen molar-refractivity contribution in [1.82, 2.24) is 4.90 Å². The molecule has 0 radical (unpaired) electrons. The molecule has 2 aliphatic rings. The lowest BCUT2D eigenvalue weighted by Gasteiger charge is -2.43. The Labute approximate surface area is 162 Å². The topological polar surface area (TPSA) is 40.5 Å². The zero-order valence-electron chi connectivity index (χ0n) is 16.7. The molecule has 1 aromatic carbocycles. The van der Waals surface area contributed by atoms with Gasteiger partial charge in [0.05, 0.1) is 5.56 Å². The van der Waals surface area contributed by atoms with Gasteiger partial charge < -0.3 is 10.0 Å². The van der Waals surface area contributed by atoms with Crippen LogP contribution in [0, 0.1) is 23.2 Å². The molecule has 1 aliphatic heterocycles. The van der Waals surface area contributed by atoms with E-state index in [4.69, 9.17) is 5.11 Å². The van der Waals surface area contributed by atoms with E-state index < -0.39 is 5.97 Å². The Morgan fingerprint density at radius 3 is 2.52 bits per heavy atom. The van der Waals surface area contributed by atoms with Gasteiger partial charge in [-0.2, -0.15) is 0 Å². The molecule has 0 amide bonds. The van der Waals surface area contributed by atoms with Gasteiger partial charge in [-0.3, -0.25) is 0 Å². The number of aromatic carboxylic acids is 1. The van der Waals surface area contributed by atoms with Crippen LogP contribution in [0.15, 0.2) is 59.5 Å². The first-order chi connectivity index (χ1) is 12.7. The quantitative estimate of drug-likeness (QED) is 0.734. The number of benzene rings is 1. The van der Waals surface area contributed by atoms with Crippen molar-refractivity contribution in [2.75, 3.05) is 0 Å². The van der Waals surface area contributed by atoms with Gasteiger partial charge in [0.15, 0.2) is 0 Å². The highest BCUT2D eigenvalue weighted by Gasteiger charge is 2.34. The SMILES string of the molecule is CC1=CC(C)(C)C2=C(C=CC(C#Cc3ccc(C(=O)O)cc3)C2)N1C(C)C. The zero-order chi connectivity index (χ0) is 19.8. The highest BCUT2D eigenvalue weighted by Crippen LogP contribution is 2.44. The first-order valence-electron chi connectivity index (χ1n) is 9.44. The third kappa shape index (κ3) is 3.85. The molecule has 140 valence electrons. The van der Waals surface area contributed by atoms with Crippen molar-refractivity contribution in [2.45, 2.75) is 47.1 Å². The van der Waals surface area contributed by atoms with Crippen LogP contribution < -0.4 is 0 Å². The molecule has 0 aromatic heterocycles. The van der Waals surface area contributed by atoms with Gasteiger partial charge in [0, 0.05) is 34.3 Å². The second kappa shape index (κ2) is 7.12. The molecular weight excluding hydrogens is 334 g/mol. The Morgan fingerprint density at radius 1 is 1.26 bits per heavy atom. The van der Waals surface area contributed by atoms with Crippen molar-refractivity contribution in [1.29, 1.82) is 0 Å². The minimum Gasteiger partial charge on any atom is -0.478 e. The Kier molecular flexibility index (Phi) is 5.02. The molecule has 3 nitrogen and oxygen atoms in total. The summed E-state index contributed by atoms with van der Waals surface area (Å²) in [6.07, 6.45) is 7.71. The van der Waals surface area contributed by atoms with E-state index in [0.29, 0.717) is 6.04 Å². The van der Waals surface area contributed by atoms with E-state index in [9.17, 15) is 4.79 Å². The maximum absolute atomic E-state index is 11.0. The molecule has 1 aromatic rings. The van der Waals surface area contributed by atoms with E-state index in [0.717, 1.165) is 12.0 Å². The van der Waals surface area contributed by atoms with Crippen molar-refractivity contribution >= 4 is 5.97 Å². The van der Waals surface area contributed by atoms with Crippen molar-refractivity contribution in [3.8, 4) is 11.8 Å². The van der Waals surface area contributed by atoms with Crippen LogP contribution in [0.5, 0.6) is 0 Å². The fourth-order valence-electron chi connectivity index (χ4n) is 4.04. The van der Waals surface area contributed by atoms with E-state index >= 15 is 0 Å². The molecule has 27 heavy (non-hydrogen) atoms. The minimum atomic E-state index is -0.915. The highest BCUT2D eigenvalue weighted by molar-refractivity contribution is 5.87. The van der Waals surface area contributed by atoms with Gasteiger partial charge in [0.1, 0.15) is 0 Å². The predicted molar refractivity (Wildman–Crippen MR) is 109 cm³/mol. The average Bonchev–Trinajstić information content (AvgIpc) is 2.59. The highest BCUT2D eigenvalue weighted by atomic mass is 16.4. The van der Waals surface area contributed by atoms with Crippen LogP contribution in [0.3, 0.4) is 0 Å². The molecular formula is C24H27NO2. The number of hydrogen-bond donors (Lipinski definition) is 1. The lowest BCUT2D eigenvalue weighted by molar-refractivity contribution is 0.0697. The van der Waals surface area contributed by atoms with Gasteiger partial charge in [-0.1, -0.05) is 37.8 Å². The largest absolute Gasteiger partial charge is 0.478 e. The summed E-state index contributed by atoms with van der Waals surface area (Å²) in [6.45, 7) is 11.2. The lowest BCUT2D eigenvalue weighted by atomic mass is 9.73. The van der Waals surface area contributed by atoms with Gasteiger partial charge in [0.25, 0.3) is 0 Å². The second-order valence-electron chi connectivity index (χ2n) is 8.16. The van der Waals surface area contributed by atoms with Crippen LogP contribution in [-0.2, 0) is 0 Å². The van der Waals surface area contributed by atoms with E-state index in [1.54, 1.807) is 24.3 Å². The molecule has 1 heterocycles. The van der Waals surface area contributed by atoms with Crippen LogP contribution in [0.1, 0.15) is 57.0 Å². The molecule has 0 saturated heterocycles. The Balaban J connectivity index is 1.83. The maximum Gasteiger partial charge on any atom is 0.335 e. The predicted octanol–water partition coefficient (Wildman–Crippen LogP) is 5.22. The third-order valence-corrected chi connectivity index (χ3v) is 5.26. The molecule has 1 N–H and O–H groups in total. The molecule has 1 aliphatic carbocycles. The monoisotopic (exact) mass is 361 g/mol. The van der Waals surface area contributed by atoms with Gasteiger partial charge in [-0.25, -0.2) is 4.79 Å². The fraction of sp³-hybridized carbons (Fsp3) is 0.375. The summed E-state index contributed by atoms with van der Waals surface area (Å²) in [7, 11) is 0. The van der Waals surface area contributed by atoms with Crippen molar-refractivity contribution in [2.24, 2.45) is 11.3 Å². The molecule has 1 atom stereocenters. The van der Waals surface area contributed by atoms with Crippen molar-refractivity contribution in [3.05, 3.63) is 70.6 Å². The first kappa shape index (κ1) is 19.0. The standard InChI is InChI=1S/C24H27NO2/c1-16(2)25-17(3)15-24(4,5)21-14-19(10-13-22(21)25)7-6-18-8-11-20(12-9-18)23(26)27/h8-13,15-16,19H,14H2,1-5H3,(H,26,27). The number of allylic oxidation sites excluding steroid dienone is 5. The summed E-state index contributed by atoms with van der Waals surface area (Å²) in [5.74, 6) is 5.81. The third-order valence-electron chi connectivity index (χ3n) is 5.26. The Morgan fingerprint density at radius 2 is 1.93 bits per heavy atom. The number of carbonyl (C=O) groups is 1. The number of carboxylic acid groups (broad SMARTS) is 1. The minimum absolute atomic E-state index is 0.0264. The van der Waals surface area contributed by atoms with Gasteiger partial charge >= 0.3 is 5.97 Å². The van der Waals surface area contributed by atoms with Crippen LogP contribution in [0.2, 0.25) is 0 Å². The van der Waals surface area contributed by atoms with Gasteiger partial charge in [-0.05, 0) is 63.1 Å². The van der Waals surface area contributed by atoms with E-state index in [-0.39, 0.29) is 16.9 Å². The van der Waals surface area contributed by atoms with E-state index in [1.165, 1.54) is 17.0 Å². The summed E-state index contributed by atoms with van der Waals surface area (Å²) in [4.78, 5) is 13.4. The fourth-order valence-corrected chi connectivity index (χ4v) is 4.04. The van der Waals surface area contributed by atoms with Crippen molar-refractivity contribution < 1.29 is 9.90 Å². The van der Waals surface area contributed by atoms with E-state index in [1.807, 2.05) is 0 Å². The summed E-state index contributed by atoms with van der Waals surface area (Å²) in [5, 5.41) is 8.99. The van der Waals surface area contributed by atoms with Gasteiger partial charge in [0.2, 0.25) is 0 Å². The van der Waals surface area contributed by atoms with E-state index in [2.05, 4.69) is 69.6 Å². The summed E-state index contributed by atoms with van der Waals surface area (Å²) >= 11 is 0. The average molecular weight is 361 g/mol. The zero-order valence-corrected chi connectivity index (χ0v) is 16.7. The Bertz CT molecular complexity index is 902. The summed E-state index contributed by atoms with van der Waals surface area (Å²) in [5.41, 5.74) is 5.21. The van der Waals surface area contributed by atoms with Crippen molar-refractivity contribution in [3.63, 3.8) is 0 Å². The Hall–Kier alpha value is -2.73. The summed E-state index contributed by atoms with van der Waals surface area (Å²) in [6, 6.07) is 7.15. The molecule has 0 fully saturated rings. The normalized spacial score (nSPS) is 20.7. The molecule has 1 unspecified atom stereocenters. The van der Waals surface area contributed by atoms with Crippen LogP contribution in [-0.4, -0.2) is 22.0 Å². The lowest BCUT2D eigenvalue weighted by Crippen LogP contribution is -2.36. The first-order valence-corrected chi connectivity index (χ1v) is 9.44. The number of nitrogens with zero attached hydrogens (tertiary/aromatic N) is 1. The van der Waals surface area contributed by atoms with Crippen LogP contribution in [0.4, 0.5) is 0 Å². The molecule has 3 heteroatoms. The molecule has 0 saturated carbocycles. The second-order valence-corrected chi connectivity index (χ2v) is 8.16. The number of carboxylic acids is 1. The molecule has 3 rings (SSSR count). The molecule has 0 spiro atoms. The van der Waals surface area contributed by atoms with Gasteiger partial charge in [-0.15, -0.1) is 0 Å².